The number of benzene rings is 1. The lowest BCUT2D eigenvalue weighted by Crippen LogP contribution is -2.40. The number of carbonyl (C=O) groups excluding carboxylic acids is 2. The minimum Gasteiger partial charge on any atom is -0.494 e. The van der Waals surface area contributed by atoms with Crippen LogP contribution in [0.2, 0.25) is 0 Å². The molecule has 0 spiro atoms. The molecule has 1 aliphatic heterocycles. The summed E-state index contributed by atoms with van der Waals surface area (Å²) in [5.41, 5.74) is 8.17. The zero-order valence-electron chi connectivity index (χ0n) is 22.0. The molecule has 3 aromatic rings. The van der Waals surface area contributed by atoms with E-state index in [2.05, 4.69) is 38.7 Å². The van der Waals surface area contributed by atoms with Gasteiger partial charge in [0.25, 0.3) is 5.91 Å². The van der Waals surface area contributed by atoms with Crippen molar-refractivity contribution in [3.8, 4) is 5.75 Å². The number of rotatable bonds is 10. The van der Waals surface area contributed by atoms with Crippen LogP contribution in [0, 0.1) is 6.92 Å². The fourth-order valence-corrected chi connectivity index (χ4v) is 4.65. The maximum atomic E-state index is 13.2. The van der Waals surface area contributed by atoms with Crippen molar-refractivity contribution in [2.24, 2.45) is 5.73 Å². The highest BCUT2D eigenvalue weighted by Crippen LogP contribution is 2.31. The van der Waals surface area contributed by atoms with Crippen molar-refractivity contribution in [3.63, 3.8) is 0 Å². The summed E-state index contributed by atoms with van der Waals surface area (Å²) < 4.78 is 9.10. The van der Waals surface area contributed by atoms with Gasteiger partial charge >= 0.3 is 0 Å². The number of ether oxygens (including phenoxy) is 1. The van der Waals surface area contributed by atoms with E-state index in [0.29, 0.717) is 47.6 Å². The van der Waals surface area contributed by atoms with E-state index < -0.39 is 5.91 Å². The summed E-state index contributed by atoms with van der Waals surface area (Å²) in [6.45, 7) is 7.75. The summed E-state index contributed by atoms with van der Waals surface area (Å²) in [6, 6.07) is 5.46. The van der Waals surface area contributed by atoms with E-state index in [0.717, 1.165) is 38.2 Å². The molecule has 1 aromatic carbocycles. The number of anilines is 1. The monoisotopic (exact) mass is 508 g/mol. The number of imidazole rings is 1. The number of methoxy groups -OCH3 is 1. The Morgan fingerprint density at radius 1 is 1.22 bits per heavy atom. The van der Waals surface area contributed by atoms with Crippen LogP contribution in [0.3, 0.4) is 0 Å². The van der Waals surface area contributed by atoms with Crippen molar-refractivity contribution < 1.29 is 14.3 Å². The fourth-order valence-electron chi connectivity index (χ4n) is 4.65. The lowest BCUT2D eigenvalue weighted by molar-refractivity contribution is 0.0995. The van der Waals surface area contributed by atoms with Crippen LogP contribution in [0.15, 0.2) is 30.4 Å². The van der Waals surface area contributed by atoms with E-state index in [1.807, 2.05) is 24.5 Å². The molecule has 3 heterocycles. The fraction of sp³-hybridized carbons (Fsp3) is 0.462. The van der Waals surface area contributed by atoms with Crippen molar-refractivity contribution in [2.75, 3.05) is 39.1 Å². The van der Waals surface area contributed by atoms with Crippen LogP contribution in [0.4, 0.5) is 5.95 Å². The number of hydrogen-bond donors (Lipinski definition) is 3. The summed E-state index contributed by atoms with van der Waals surface area (Å²) in [5, 5.41) is 10.9. The molecular weight excluding hydrogens is 472 g/mol. The van der Waals surface area contributed by atoms with Gasteiger partial charge in [0.1, 0.15) is 17.0 Å². The maximum Gasteiger partial charge on any atom is 0.276 e. The maximum absolute atomic E-state index is 13.2. The Hall–Kier alpha value is -3.70. The number of hydrogen-bond acceptors (Lipinski definition) is 7. The molecule has 1 fully saturated rings. The van der Waals surface area contributed by atoms with Crippen LogP contribution in [-0.2, 0) is 13.1 Å². The van der Waals surface area contributed by atoms with Gasteiger partial charge in [-0.05, 0) is 65.0 Å². The standard InChI is InChI=1S/C26H36N8O3/c1-5-34-21(14-17(2)31-34)25(36)30-26-29-20-15-18(24(27)35)16-22(37-4)23(20)33(26)11-7-6-10-28-19-8-12-32(3)13-9-19/h6-7,14-16,19,28H,5,8-13H2,1-4H3,(H2,27,35)(H,29,30,36)/b7-6+. The van der Waals surface area contributed by atoms with Gasteiger partial charge < -0.3 is 25.3 Å². The molecule has 11 nitrogen and oxygen atoms in total. The molecule has 0 aliphatic carbocycles. The number of nitrogens with two attached hydrogens (primary N) is 1. The first-order valence-corrected chi connectivity index (χ1v) is 12.6. The quantitative estimate of drug-likeness (QED) is 0.358. The number of fused-ring (bicyclic) bond motifs is 1. The number of nitrogens with zero attached hydrogens (tertiary/aromatic N) is 5. The predicted molar refractivity (Wildman–Crippen MR) is 143 cm³/mol. The van der Waals surface area contributed by atoms with Gasteiger partial charge in [-0.15, -0.1) is 0 Å². The van der Waals surface area contributed by atoms with Gasteiger partial charge in [0.15, 0.2) is 0 Å². The molecule has 4 rings (SSSR count). The Balaban J connectivity index is 1.60. The minimum atomic E-state index is -0.581. The summed E-state index contributed by atoms with van der Waals surface area (Å²) in [6.07, 6.45) is 6.38. The lowest BCUT2D eigenvalue weighted by Gasteiger charge is -2.29. The Bertz CT molecular complexity index is 1300. The third kappa shape index (κ3) is 6.00. The van der Waals surface area contributed by atoms with Gasteiger partial charge in [0, 0.05) is 31.2 Å². The summed E-state index contributed by atoms with van der Waals surface area (Å²) in [5.74, 6) is -0.107. The Kier molecular flexibility index (Phi) is 8.24. The molecule has 1 saturated heterocycles. The van der Waals surface area contributed by atoms with E-state index in [9.17, 15) is 9.59 Å². The highest BCUT2D eigenvalue weighted by Gasteiger charge is 2.21. The molecule has 1 aliphatic rings. The summed E-state index contributed by atoms with van der Waals surface area (Å²) in [7, 11) is 3.68. The molecule has 11 heteroatoms. The Morgan fingerprint density at radius 2 is 1.97 bits per heavy atom. The number of amides is 2. The van der Waals surface area contributed by atoms with E-state index in [-0.39, 0.29) is 11.5 Å². The summed E-state index contributed by atoms with van der Waals surface area (Å²) in [4.78, 5) is 32.0. The molecule has 0 radical (unpaired) electrons. The molecule has 0 saturated carbocycles. The molecule has 2 amide bonds. The van der Waals surface area contributed by atoms with Crippen LogP contribution in [-0.4, -0.2) is 75.9 Å². The third-order valence-corrected chi connectivity index (χ3v) is 6.67. The van der Waals surface area contributed by atoms with Crippen LogP contribution < -0.4 is 21.1 Å². The van der Waals surface area contributed by atoms with Gasteiger partial charge in [-0.2, -0.15) is 5.10 Å². The number of aromatic nitrogens is 4. The average molecular weight is 509 g/mol. The zero-order valence-corrected chi connectivity index (χ0v) is 22.0. The van der Waals surface area contributed by atoms with Crippen molar-refractivity contribution >= 4 is 28.8 Å². The van der Waals surface area contributed by atoms with Crippen LogP contribution in [0.5, 0.6) is 5.75 Å². The van der Waals surface area contributed by atoms with Crippen LogP contribution >= 0.6 is 0 Å². The van der Waals surface area contributed by atoms with Gasteiger partial charge in [0.2, 0.25) is 11.9 Å². The molecule has 37 heavy (non-hydrogen) atoms. The first-order chi connectivity index (χ1) is 17.8. The van der Waals surface area contributed by atoms with Crippen molar-refractivity contribution in [1.29, 1.82) is 0 Å². The van der Waals surface area contributed by atoms with Gasteiger partial charge in [-0.3, -0.25) is 19.6 Å². The van der Waals surface area contributed by atoms with Crippen molar-refractivity contribution in [3.05, 3.63) is 47.3 Å². The molecule has 0 unspecified atom stereocenters. The zero-order chi connectivity index (χ0) is 26.5. The summed E-state index contributed by atoms with van der Waals surface area (Å²) >= 11 is 0. The number of nitrogens with one attached hydrogen (secondary N) is 2. The predicted octanol–water partition coefficient (Wildman–Crippen LogP) is 2.16. The first kappa shape index (κ1) is 26.4. The first-order valence-electron chi connectivity index (χ1n) is 12.6. The van der Waals surface area contributed by atoms with E-state index >= 15 is 0 Å². The van der Waals surface area contributed by atoms with Crippen LogP contribution in [0.25, 0.3) is 11.0 Å². The Morgan fingerprint density at radius 3 is 2.65 bits per heavy atom. The topological polar surface area (TPSA) is 132 Å². The second-order valence-electron chi connectivity index (χ2n) is 9.35. The minimum absolute atomic E-state index is 0.282. The number of allylic oxidation sites excluding steroid dienone is 1. The molecule has 0 bridgehead atoms. The average Bonchev–Trinajstić information content (AvgIpc) is 3.43. The van der Waals surface area contributed by atoms with Crippen LogP contribution in [0.1, 0.15) is 46.3 Å². The second-order valence-corrected chi connectivity index (χ2v) is 9.35. The van der Waals surface area contributed by atoms with E-state index in [4.69, 9.17) is 10.5 Å². The third-order valence-electron chi connectivity index (χ3n) is 6.67. The normalized spacial score (nSPS) is 15.0. The SMILES string of the molecule is CCn1nc(C)cc1C(=O)Nc1nc2cc(C(N)=O)cc(OC)c2n1C/C=C/CNC1CCN(C)CC1. The number of carbonyl (C=O) groups is 2. The number of primary amides is 1. The van der Waals surface area contributed by atoms with E-state index in [1.54, 1.807) is 22.9 Å². The number of piperidine rings is 1. The van der Waals surface area contributed by atoms with Gasteiger partial charge in [-0.1, -0.05) is 12.2 Å². The van der Waals surface area contributed by atoms with Crippen molar-refractivity contribution in [2.45, 2.75) is 45.8 Å². The Labute approximate surface area is 216 Å². The smallest absolute Gasteiger partial charge is 0.276 e. The van der Waals surface area contributed by atoms with Gasteiger partial charge in [-0.25, -0.2) is 4.98 Å². The second kappa shape index (κ2) is 11.6. The molecule has 198 valence electrons. The lowest BCUT2D eigenvalue weighted by atomic mass is 10.1. The molecule has 4 N–H and O–H groups in total. The largest absolute Gasteiger partial charge is 0.494 e. The van der Waals surface area contributed by atoms with Crippen molar-refractivity contribution in [1.82, 2.24) is 29.5 Å². The highest BCUT2D eigenvalue weighted by molar-refractivity contribution is 6.04. The number of aryl methyl sites for hydroxylation is 2. The van der Waals surface area contributed by atoms with Gasteiger partial charge in [0.05, 0.1) is 18.3 Å². The molecule has 2 aromatic heterocycles. The molecule has 0 atom stereocenters. The number of likely N-dealkylation sites (tertiary alicyclic amines) is 1. The highest BCUT2D eigenvalue weighted by atomic mass is 16.5. The van der Waals surface area contributed by atoms with E-state index in [1.165, 1.54) is 7.11 Å². The molecular formula is C26H36N8O3.